The van der Waals surface area contributed by atoms with E-state index in [1.807, 2.05) is 22.8 Å². The van der Waals surface area contributed by atoms with Crippen LogP contribution in [-0.2, 0) is 12.0 Å². The Morgan fingerprint density at radius 1 is 1.14 bits per heavy atom. The molecule has 0 aliphatic rings. The van der Waals surface area contributed by atoms with E-state index in [1.165, 1.54) is 0 Å². The first-order chi connectivity index (χ1) is 9.86. The fraction of sp³-hybridized carbons (Fsp3) is 0.467. The molecule has 0 amide bonds. The second kappa shape index (κ2) is 5.93. The van der Waals surface area contributed by atoms with Crippen LogP contribution in [0.1, 0.15) is 32.2 Å². The minimum absolute atomic E-state index is 0.139. The Bertz CT molecular complexity index is 632. The predicted octanol–water partition coefficient (Wildman–Crippen LogP) is 3.29. The molecule has 21 heavy (non-hydrogen) atoms. The van der Waals surface area contributed by atoms with E-state index >= 15 is 0 Å². The molecule has 0 fully saturated rings. The molecule has 6 heteroatoms. The van der Waals surface area contributed by atoms with Gasteiger partial charge in [-0.2, -0.15) is 0 Å². The molecule has 1 aromatic heterocycles. The number of benzene rings is 1. The molecule has 0 unspecified atom stereocenters. The van der Waals surface area contributed by atoms with Gasteiger partial charge in [-0.25, -0.2) is 0 Å². The van der Waals surface area contributed by atoms with Crippen LogP contribution in [0.15, 0.2) is 18.2 Å². The van der Waals surface area contributed by atoms with E-state index in [0.717, 1.165) is 22.9 Å². The first kappa shape index (κ1) is 15.6. The van der Waals surface area contributed by atoms with Gasteiger partial charge in [-0.1, -0.05) is 20.8 Å². The maximum Gasteiger partial charge on any atom is 0.225 e. The third-order valence-electron chi connectivity index (χ3n) is 3.20. The van der Waals surface area contributed by atoms with Gasteiger partial charge >= 0.3 is 0 Å². The summed E-state index contributed by atoms with van der Waals surface area (Å²) in [5.74, 6) is 2.34. The highest BCUT2D eigenvalue weighted by Gasteiger charge is 2.24. The van der Waals surface area contributed by atoms with E-state index in [-0.39, 0.29) is 5.41 Å². The highest BCUT2D eigenvalue weighted by atomic mass is 35.5. The van der Waals surface area contributed by atoms with Crippen LogP contribution < -0.4 is 9.47 Å². The van der Waals surface area contributed by atoms with E-state index in [9.17, 15) is 0 Å². The third-order valence-corrected chi connectivity index (χ3v) is 3.48. The summed E-state index contributed by atoms with van der Waals surface area (Å²) < 4.78 is 12.5. The van der Waals surface area contributed by atoms with Crippen molar-refractivity contribution in [1.29, 1.82) is 0 Å². The Balaban J connectivity index is 2.41. The summed E-state index contributed by atoms with van der Waals surface area (Å²) in [6, 6.07) is 5.71. The number of aromatic nitrogens is 3. The number of ether oxygens (including phenoxy) is 2. The second-order valence-electron chi connectivity index (χ2n) is 5.81. The molecule has 0 N–H and O–H groups in total. The van der Waals surface area contributed by atoms with E-state index in [4.69, 9.17) is 21.1 Å². The number of halogens is 1. The van der Waals surface area contributed by atoms with Gasteiger partial charge in [0.15, 0.2) is 0 Å². The molecule has 0 radical (unpaired) electrons. The minimum Gasteiger partial charge on any atom is -0.497 e. The summed E-state index contributed by atoms with van der Waals surface area (Å²) in [7, 11) is 3.26. The van der Waals surface area contributed by atoms with E-state index in [0.29, 0.717) is 11.8 Å². The Labute approximate surface area is 129 Å². The topological polar surface area (TPSA) is 49.2 Å². The summed E-state index contributed by atoms with van der Waals surface area (Å²) in [6.07, 6.45) is 0. The van der Waals surface area contributed by atoms with Gasteiger partial charge in [0, 0.05) is 17.0 Å². The van der Waals surface area contributed by atoms with Crippen LogP contribution in [0, 0.1) is 0 Å². The molecule has 1 heterocycles. The van der Waals surface area contributed by atoms with Crippen molar-refractivity contribution in [2.24, 2.45) is 0 Å². The maximum absolute atomic E-state index is 6.18. The molecule has 114 valence electrons. The van der Waals surface area contributed by atoms with Gasteiger partial charge in [-0.3, -0.25) is 4.57 Å². The average Bonchev–Trinajstić information content (AvgIpc) is 2.80. The molecule has 0 bridgehead atoms. The lowest BCUT2D eigenvalue weighted by molar-refractivity contribution is 0.389. The maximum atomic E-state index is 6.18. The summed E-state index contributed by atoms with van der Waals surface area (Å²) in [5, 5.41) is 8.54. The van der Waals surface area contributed by atoms with Crippen molar-refractivity contribution in [2.75, 3.05) is 14.2 Å². The standard InChI is InChI=1S/C15H20ClN3O2/c1-15(2,3)13-17-18-14(16)19(13)9-10-6-7-11(20-4)8-12(10)21-5/h6-8H,9H2,1-5H3. The fourth-order valence-electron chi connectivity index (χ4n) is 2.13. The summed E-state index contributed by atoms with van der Waals surface area (Å²) in [6.45, 7) is 6.78. The van der Waals surface area contributed by atoms with E-state index < -0.39 is 0 Å². The monoisotopic (exact) mass is 309 g/mol. The molecule has 2 rings (SSSR count). The molecule has 0 aliphatic heterocycles. The fourth-order valence-corrected chi connectivity index (χ4v) is 2.31. The molecular weight excluding hydrogens is 290 g/mol. The molecule has 0 spiro atoms. The van der Waals surface area contributed by atoms with Gasteiger partial charge in [0.2, 0.25) is 5.28 Å². The van der Waals surface area contributed by atoms with Crippen LogP contribution in [0.3, 0.4) is 0 Å². The van der Waals surface area contributed by atoms with Crippen molar-refractivity contribution in [2.45, 2.75) is 32.7 Å². The number of rotatable bonds is 4. The van der Waals surface area contributed by atoms with Crippen LogP contribution in [-0.4, -0.2) is 29.0 Å². The highest BCUT2D eigenvalue weighted by Crippen LogP contribution is 2.28. The highest BCUT2D eigenvalue weighted by molar-refractivity contribution is 6.28. The zero-order valence-electron chi connectivity index (χ0n) is 13.0. The molecule has 0 aliphatic carbocycles. The van der Waals surface area contributed by atoms with Crippen molar-refractivity contribution < 1.29 is 9.47 Å². The summed E-state index contributed by atoms with van der Waals surface area (Å²) in [5.41, 5.74) is 0.852. The Morgan fingerprint density at radius 2 is 1.86 bits per heavy atom. The molecule has 0 atom stereocenters. The van der Waals surface area contributed by atoms with E-state index in [1.54, 1.807) is 14.2 Å². The van der Waals surface area contributed by atoms with Gasteiger partial charge in [-0.15, -0.1) is 10.2 Å². The zero-order chi connectivity index (χ0) is 15.6. The third kappa shape index (κ3) is 3.29. The van der Waals surface area contributed by atoms with Crippen molar-refractivity contribution >= 4 is 11.6 Å². The number of hydrogen-bond donors (Lipinski definition) is 0. The molecular formula is C15H20ClN3O2. The minimum atomic E-state index is -0.139. The van der Waals surface area contributed by atoms with Crippen LogP contribution in [0.4, 0.5) is 0 Å². The number of methoxy groups -OCH3 is 2. The Morgan fingerprint density at radius 3 is 2.43 bits per heavy atom. The molecule has 5 nitrogen and oxygen atoms in total. The molecule has 2 aromatic rings. The van der Waals surface area contributed by atoms with Gasteiger partial charge in [0.25, 0.3) is 0 Å². The van der Waals surface area contributed by atoms with Crippen molar-refractivity contribution in [3.63, 3.8) is 0 Å². The smallest absolute Gasteiger partial charge is 0.225 e. The first-order valence-corrected chi connectivity index (χ1v) is 7.04. The summed E-state index contributed by atoms with van der Waals surface area (Å²) in [4.78, 5) is 0. The lowest BCUT2D eigenvalue weighted by Crippen LogP contribution is -2.19. The van der Waals surface area contributed by atoms with Gasteiger partial charge in [0.1, 0.15) is 17.3 Å². The largest absolute Gasteiger partial charge is 0.497 e. The predicted molar refractivity (Wildman–Crippen MR) is 82.4 cm³/mol. The molecule has 1 aromatic carbocycles. The van der Waals surface area contributed by atoms with Crippen LogP contribution >= 0.6 is 11.6 Å². The lowest BCUT2D eigenvalue weighted by Gasteiger charge is -2.20. The quantitative estimate of drug-likeness (QED) is 0.869. The van der Waals surface area contributed by atoms with Gasteiger partial charge in [-0.05, 0) is 23.7 Å². The first-order valence-electron chi connectivity index (χ1n) is 6.67. The van der Waals surface area contributed by atoms with Gasteiger partial charge < -0.3 is 9.47 Å². The average molecular weight is 310 g/mol. The van der Waals surface area contributed by atoms with Crippen molar-refractivity contribution in [3.8, 4) is 11.5 Å². The van der Waals surface area contributed by atoms with Gasteiger partial charge in [0.05, 0.1) is 20.8 Å². The van der Waals surface area contributed by atoms with Crippen molar-refractivity contribution in [3.05, 3.63) is 34.9 Å². The summed E-state index contributed by atoms with van der Waals surface area (Å²) >= 11 is 6.18. The van der Waals surface area contributed by atoms with Crippen molar-refractivity contribution in [1.82, 2.24) is 14.8 Å². The van der Waals surface area contributed by atoms with Crippen LogP contribution in [0.2, 0.25) is 5.28 Å². The molecule has 0 saturated carbocycles. The molecule has 0 saturated heterocycles. The van der Waals surface area contributed by atoms with Crippen LogP contribution in [0.25, 0.3) is 0 Å². The Kier molecular flexibility index (Phi) is 4.42. The normalized spacial score (nSPS) is 11.5. The SMILES string of the molecule is COc1ccc(Cn2c(Cl)nnc2C(C)(C)C)c(OC)c1. The van der Waals surface area contributed by atoms with E-state index in [2.05, 4.69) is 31.0 Å². The Hall–Kier alpha value is -1.75. The number of nitrogens with zero attached hydrogens (tertiary/aromatic N) is 3. The van der Waals surface area contributed by atoms with Crippen LogP contribution in [0.5, 0.6) is 11.5 Å². The second-order valence-corrected chi connectivity index (χ2v) is 6.14. The zero-order valence-corrected chi connectivity index (χ0v) is 13.7. The lowest BCUT2D eigenvalue weighted by atomic mass is 9.95. The number of hydrogen-bond acceptors (Lipinski definition) is 4.